The number of rotatable bonds is 3. The second kappa shape index (κ2) is 6.45. The molecule has 0 bridgehead atoms. The van der Waals surface area contributed by atoms with E-state index in [0.717, 1.165) is 18.7 Å². The van der Waals surface area contributed by atoms with Crippen molar-refractivity contribution in [1.82, 2.24) is 9.80 Å². The van der Waals surface area contributed by atoms with E-state index in [-0.39, 0.29) is 5.82 Å². The summed E-state index contributed by atoms with van der Waals surface area (Å²) in [5.41, 5.74) is 1.10. The van der Waals surface area contributed by atoms with Crippen LogP contribution in [0.25, 0.3) is 0 Å². The first kappa shape index (κ1) is 15.0. The Labute approximate surface area is 127 Å². The van der Waals surface area contributed by atoms with Crippen LogP contribution >= 0.6 is 0 Å². The summed E-state index contributed by atoms with van der Waals surface area (Å²) in [6.07, 6.45) is 4.04. The maximum atomic E-state index is 13.4. The van der Waals surface area contributed by atoms with Crippen LogP contribution in [-0.4, -0.2) is 41.5 Å². The van der Waals surface area contributed by atoms with E-state index >= 15 is 0 Å². The van der Waals surface area contributed by atoms with E-state index in [1.165, 1.54) is 38.4 Å². The number of fused-ring (bicyclic) bond motifs is 1. The number of nitrogens with zero attached hydrogens (tertiary/aromatic N) is 2. The van der Waals surface area contributed by atoms with Gasteiger partial charge in [-0.3, -0.25) is 9.80 Å². The summed E-state index contributed by atoms with van der Waals surface area (Å²) in [6, 6.07) is 8.39. The predicted molar refractivity (Wildman–Crippen MR) is 84.6 cm³/mol. The third-order valence-electron chi connectivity index (χ3n) is 5.13. The minimum Gasteiger partial charge on any atom is -0.298 e. The zero-order chi connectivity index (χ0) is 14.8. The SMILES string of the molecule is CC(C)C1CN2CCCCC2CN1Cc1cccc(F)c1. The molecule has 0 saturated carbocycles. The number of piperidine rings is 1. The lowest BCUT2D eigenvalue weighted by atomic mass is 9.91. The van der Waals surface area contributed by atoms with E-state index in [4.69, 9.17) is 0 Å². The summed E-state index contributed by atoms with van der Waals surface area (Å²) in [7, 11) is 0. The van der Waals surface area contributed by atoms with Crippen LogP contribution in [0.3, 0.4) is 0 Å². The molecule has 21 heavy (non-hydrogen) atoms. The van der Waals surface area contributed by atoms with Gasteiger partial charge in [-0.1, -0.05) is 32.4 Å². The molecule has 2 heterocycles. The maximum absolute atomic E-state index is 13.4. The third kappa shape index (κ3) is 3.46. The number of hydrogen-bond donors (Lipinski definition) is 0. The van der Waals surface area contributed by atoms with Crippen LogP contribution in [0.1, 0.15) is 38.7 Å². The van der Waals surface area contributed by atoms with E-state index in [9.17, 15) is 4.39 Å². The highest BCUT2D eigenvalue weighted by Gasteiger charge is 2.36. The molecule has 0 radical (unpaired) electrons. The topological polar surface area (TPSA) is 6.48 Å². The molecule has 1 aromatic carbocycles. The second-order valence-electron chi connectivity index (χ2n) is 7.02. The molecule has 2 aliphatic rings. The van der Waals surface area contributed by atoms with Crippen LogP contribution in [0, 0.1) is 11.7 Å². The summed E-state index contributed by atoms with van der Waals surface area (Å²) in [6.45, 7) is 9.09. The number of hydrogen-bond acceptors (Lipinski definition) is 2. The van der Waals surface area contributed by atoms with Gasteiger partial charge in [0.15, 0.2) is 0 Å². The molecule has 0 aromatic heterocycles. The lowest BCUT2D eigenvalue weighted by Gasteiger charge is -2.50. The van der Waals surface area contributed by atoms with Crippen LogP contribution in [0.2, 0.25) is 0 Å². The maximum Gasteiger partial charge on any atom is 0.123 e. The van der Waals surface area contributed by atoms with Crippen LogP contribution in [0.4, 0.5) is 4.39 Å². The molecule has 0 aliphatic carbocycles. The summed E-state index contributed by atoms with van der Waals surface area (Å²) < 4.78 is 13.4. The lowest BCUT2D eigenvalue weighted by Crippen LogP contribution is -2.60. The zero-order valence-corrected chi connectivity index (χ0v) is 13.3. The first-order valence-corrected chi connectivity index (χ1v) is 8.36. The average molecular weight is 290 g/mol. The molecule has 3 rings (SSSR count). The quantitative estimate of drug-likeness (QED) is 0.840. The molecule has 0 spiro atoms. The number of halogens is 1. The minimum atomic E-state index is -0.120. The Balaban J connectivity index is 1.74. The van der Waals surface area contributed by atoms with E-state index in [1.54, 1.807) is 6.07 Å². The van der Waals surface area contributed by atoms with Crippen molar-refractivity contribution in [2.75, 3.05) is 19.6 Å². The molecule has 0 amide bonds. The van der Waals surface area contributed by atoms with Crippen molar-refractivity contribution in [2.45, 2.75) is 51.7 Å². The van der Waals surface area contributed by atoms with Crippen LogP contribution in [0.5, 0.6) is 0 Å². The second-order valence-corrected chi connectivity index (χ2v) is 7.02. The zero-order valence-electron chi connectivity index (χ0n) is 13.3. The van der Waals surface area contributed by atoms with Crippen molar-refractivity contribution in [3.63, 3.8) is 0 Å². The van der Waals surface area contributed by atoms with Gasteiger partial charge in [0.05, 0.1) is 0 Å². The van der Waals surface area contributed by atoms with Gasteiger partial charge in [-0.25, -0.2) is 4.39 Å². The minimum absolute atomic E-state index is 0.120. The highest BCUT2D eigenvalue weighted by molar-refractivity contribution is 5.16. The van der Waals surface area contributed by atoms with Gasteiger partial charge in [0.25, 0.3) is 0 Å². The molecule has 0 N–H and O–H groups in total. The van der Waals surface area contributed by atoms with Gasteiger partial charge in [-0.15, -0.1) is 0 Å². The standard InChI is InChI=1S/C18H27FN2/c1-14(2)18-13-20-9-4-3-8-17(20)12-21(18)11-15-6-5-7-16(19)10-15/h5-7,10,14,17-18H,3-4,8-9,11-13H2,1-2H3. The normalized spacial score (nSPS) is 27.8. The Morgan fingerprint density at radius 1 is 1.24 bits per heavy atom. The molecular weight excluding hydrogens is 263 g/mol. The molecule has 116 valence electrons. The fourth-order valence-electron chi connectivity index (χ4n) is 3.95. The molecule has 2 atom stereocenters. The van der Waals surface area contributed by atoms with Crippen LogP contribution < -0.4 is 0 Å². The van der Waals surface area contributed by atoms with Crippen molar-refractivity contribution in [3.05, 3.63) is 35.6 Å². The summed E-state index contributed by atoms with van der Waals surface area (Å²) >= 11 is 0. The molecule has 2 fully saturated rings. The molecule has 1 aromatic rings. The van der Waals surface area contributed by atoms with Gasteiger partial charge in [0.2, 0.25) is 0 Å². The molecule has 2 unspecified atom stereocenters. The average Bonchev–Trinajstić information content (AvgIpc) is 2.46. The summed E-state index contributed by atoms with van der Waals surface area (Å²) in [5, 5.41) is 0. The van der Waals surface area contributed by atoms with Gasteiger partial charge in [-0.2, -0.15) is 0 Å². The molecule has 2 aliphatic heterocycles. The van der Waals surface area contributed by atoms with Gasteiger partial charge in [0, 0.05) is 31.7 Å². The van der Waals surface area contributed by atoms with Crippen molar-refractivity contribution >= 4 is 0 Å². The molecule has 3 heteroatoms. The molecule has 2 nitrogen and oxygen atoms in total. The van der Waals surface area contributed by atoms with Gasteiger partial charge in [-0.05, 0) is 43.0 Å². The molecule has 2 saturated heterocycles. The molecular formula is C18H27FN2. The summed E-state index contributed by atoms with van der Waals surface area (Å²) in [4.78, 5) is 5.28. The van der Waals surface area contributed by atoms with Gasteiger partial charge >= 0.3 is 0 Å². The highest BCUT2D eigenvalue weighted by atomic mass is 19.1. The van der Waals surface area contributed by atoms with E-state index in [2.05, 4.69) is 23.6 Å². The highest BCUT2D eigenvalue weighted by Crippen LogP contribution is 2.28. The van der Waals surface area contributed by atoms with Crippen LogP contribution in [0.15, 0.2) is 24.3 Å². The first-order chi connectivity index (χ1) is 10.1. The third-order valence-corrected chi connectivity index (χ3v) is 5.13. The van der Waals surface area contributed by atoms with Crippen LogP contribution in [-0.2, 0) is 6.54 Å². The summed E-state index contributed by atoms with van der Waals surface area (Å²) in [5.74, 6) is 0.520. The van der Waals surface area contributed by atoms with Crippen molar-refractivity contribution in [3.8, 4) is 0 Å². The Bertz CT molecular complexity index is 474. The Morgan fingerprint density at radius 2 is 2.10 bits per heavy atom. The fraction of sp³-hybridized carbons (Fsp3) is 0.667. The largest absolute Gasteiger partial charge is 0.298 e. The smallest absolute Gasteiger partial charge is 0.123 e. The Hall–Kier alpha value is -0.930. The number of benzene rings is 1. The van der Waals surface area contributed by atoms with Gasteiger partial charge in [0.1, 0.15) is 5.82 Å². The van der Waals surface area contributed by atoms with E-state index in [1.807, 2.05) is 12.1 Å². The Kier molecular flexibility index (Phi) is 4.60. The number of piperazine rings is 1. The lowest BCUT2D eigenvalue weighted by molar-refractivity contribution is -0.0118. The van der Waals surface area contributed by atoms with E-state index < -0.39 is 0 Å². The first-order valence-electron chi connectivity index (χ1n) is 8.36. The van der Waals surface area contributed by atoms with E-state index in [0.29, 0.717) is 18.0 Å². The van der Waals surface area contributed by atoms with Gasteiger partial charge < -0.3 is 0 Å². The Morgan fingerprint density at radius 3 is 2.86 bits per heavy atom. The predicted octanol–water partition coefficient (Wildman–Crippen LogP) is 3.52. The van der Waals surface area contributed by atoms with Crippen molar-refractivity contribution < 1.29 is 4.39 Å². The fourth-order valence-corrected chi connectivity index (χ4v) is 3.95. The van der Waals surface area contributed by atoms with Crippen molar-refractivity contribution in [2.24, 2.45) is 5.92 Å². The van der Waals surface area contributed by atoms with Crippen molar-refractivity contribution in [1.29, 1.82) is 0 Å². The monoisotopic (exact) mass is 290 g/mol.